The molecule has 0 bridgehead atoms. The van der Waals surface area contributed by atoms with E-state index in [-0.39, 0.29) is 11.7 Å². The first kappa shape index (κ1) is 15.3. The Morgan fingerprint density at radius 2 is 2.04 bits per heavy atom. The largest absolute Gasteiger partial charge is 0.473 e. The summed E-state index contributed by atoms with van der Waals surface area (Å²) in [6, 6.07) is 0. The van der Waals surface area contributed by atoms with E-state index >= 15 is 0 Å². The van der Waals surface area contributed by atoms with E-state index in [1.807, 2.05) is 0 Å². The van der Waals surface area contributed by atoms with Crippen molar-refractivity contribution in [3.8, 4) is 5.88 Å². The Hall–Kier alpha value is -1.24. The SMILES string of the molecule is c1cnc(OC2CCOC3(C2)CN(CC2CCOCC2)C3)cn1. The number of aromatic nitrogens is 2. The van der Waals surface area contributed by atoms with Crippen molar-refractivity contribution < 1.29 is 14.2 Å². The number of rotatable bonds is 4. The van der Waals surface area contributed by atoms with E-state index in [1.54, 1.807) is 18.6 Å². The molecule has 3 fully saturated rings. The molecule has 3 aliphatic rings. The van der Waals surface area contributed by atoms with Gasteiger partial charge in [0.05, 0.1) is 18.4 Å². The second kappa shape index (κ2) is 6.71. The summed E-state index contributed by atoms with van der Waals surface area (Å²) < 4.78 is 17.5. The molecule has 0 amide bonds. The number of ether oxygens (including phenoxy) is 3. The number of likely N-dealkylation sites (tertiary alicyclic amines) is 1. The fourth-order valence-corrected chi connectivity index (χ4v) is 4.01. The van der Waals surface area contributed by atoms with Gasteiger partial charge in [-0.15, -0.1) is 0 Å². The lowest BCUT2D eigenvalue weighted by atomic mass is 9.83. The Morgan fingerprint density at radius 3 is 2.83 bits per heavy atom. The van der Waals surface area contributed by atoms with Crippen LogP contribution in [0.3, 0.4) is 0 Å². The first-order chi connectivity index (χ1) is 11.3. The van der Waals surface area contributed by atoms with Crippen LogP contribution in [0.5, 0.6) is 5.88 Å². The molecule has 0 aliphatic carbocycles. The first-order valence-electron chi connectivity index (χ1n) is 8.68. The molecule has 0 aromatic carbocycles. The lowest BCUT2D eigenvalue weighted by molar-refractivity contribution is -0.189. The summed E-state index contributed by atoms with van der Waals surface area (Å²) >= 11 is 0. The monoisotopic (exact) mass is 319 g/mol. The van der Waals surface area contributed by atoms with Crippen molar-refractivity contribution in [3.05, 3.63) is 18.6 Å². The summed E-state index contributed by atoms with van der Waals surface area (Å²) in [4.78, 5) is 10.8. The van der Waals surface area contributed by atoms with E-state index in [0.717, 1.165) is 51.7 Å². The molecule has 6 nitrogen and oxygen atoms in total. The van der Waals surface area contributed by atoms with Gasteiger partial charge in [-0.1, -0.05) is 0 Å². The second-order valence-electron chi connectivity index (χ2n) is 7.03. The molecule has 6 heteroatoms. The third kappa shape index (κ3) is 3.65. The predicted octanol–water partition coefficient (Wildman–Crippen LogP) is 1.52. The minimum atomic E-state index is -0.00368. The summed E-state index contributed by atoms with van der Waals surface area (Å²) in [6.45, 7) is 5.87. The Labute approximate surface area is 137 Å². The molecule has 126 valence electrons. The summed E-state index contributed by atoms with van der Waals surface area (Å²) in [5.41, 5.74) is -0.00368. The van der Waals surface area contributed by atoms with Crippen LogP contribution >= 0.6 is 0 Å². The average Bonchev–Trinajstić information content (AvgIpc) is 2.56. The Morgan fingerprint density at radius 1 is 1.17 bits per heavy atom. The van der Waals surface area contributed by atoms with Gasteiger partial charge in [0.1, 0.15) is 6.10 Å². The summed E-state index contributed by atoms with van der Waals surface area (Å²) in [5.74, 6) is 1.41. The predicted molar refractivity (Wildman–Crippen MR) is 84.3 cm³/mol. The average molecular weight is 319 g/mol. The van der Waals surface area contributed by atoms with Gasteiger partial charge in [-0.05, 0) is 18.8 Å². The molecule has 4 rings (SSSR count). The van der Waals surface area contributed by atoms with Crippen molar-refractivity contribution in [2.45, 2.75) is 37.4 Å². The molecule has 4 heterocycles. The molecule has 23 heavy (non-hydrogen) atoms. The van der Waals surface area contributed by atoms with Crippen molar-refractivity contribution in [1.82, 2.24) is 14.9 Å². The first-order valence-corrected chi connectivity index (χ1v) is 8.68. The smallest absolute Gasteiger partial charge is 0.232 e. The van der Waals surface area contributed by atoms with Crippen LogP contribution in [-0.4, -0.2) is 66.0 Å². The van der Waals surface area contributed by atoms with Crippen LogP contribution in [0.1, 0.15) is 25.7 Å². The molecule has 3 aliphatic heterocycles. The zero-order valence-corrected chi connectivity index (χ0v) is 13.5. The van der Waals surface area contributed by atoms with Crippen LogP contribution in [0, 0.1) is 5.92 Å². The van der Waals surface area contributed by atoms with Gasteiger partial charge in [-0.3, -0.25) is 9.88 Å². The molecule has 1 aromatic heterocycles. The van der Waals surface area contributed by atoms with Crippen LogP contribution in [0.2, 0.25) is 0 Å². The molecule has 0 radical (unpaired) electrons. The Balaban J connectivity index is 1.27. The van der Waals surface area contributed by atoms with Gasteiger partial charge in [0.2, 0.25) is 5.88 Å². The van der Waals surface area contributed by atoms with Crippen LogP contribution in [0.15, 0.2) is 18.6 Å². The topological polar surface area (TPSA) is 56.7 Å². The number of hydrogen-bond acceptors (Lipinski definition) is 6. The third-order valence-corrected chi connectivity index (χ3v) is 5.16. The van der Waals surface area contributed by atoms with Gasteiger partial charge >= 0.3 is 0 Å². The maximum absolute atomic E-state index is 6.11. The maximum Gasteiger partial charge on any atom is 0.232 e. The van der Waals surface area contributed by atoms with Gasteiger partial charge in [-0.25, -0.2) is 4.98 Å². The van der Waals surface area contributed by atoms with Crippen molar-refractivity contribution in [2.24, 2.45) is 5.92 Å². The zero-order valence-electron chi connectivity index (χ0n) is 13.5. The van der Waals surface area contributed by atoms with E-state index in [9.17, 15) is 0 Å². The maximum atomic E-state index is 6.11. The molecule has 0 N–H and O–H groups in total. The number of hydrogen-bond donors (Lipinski definition) is 0. The number of nitrogens with zero attached hydrogens (tertiary/aromatic N) is 3. The van der Waals surface area contributed by atoms with E-state index in [4.69, 9.17) is 14.2 Å². The molecule has 1 aromatic rings. The lowest BCUT2D eigenvalue weighted by Crippen LogP contribution is -2.66. The van der Waals surface area contributed by atoms with Crippen molar-refractivity contribution in [1.29, 1.82) is 0 Å². The van der Waals surface area contributed by atoms with Gasteiger partial charge in [0, 0.05) is 58.1 Å². The minimum Gasteiger partial charge on any atom is -0.473 e. The lowest BCUT2D eigenvalue weighted by Gasteiger charge is -2.53. The Bertz CT molecular complexity index is 501. The van der Waals surface area contributed by atoms with Crippen LogP contribution in [0.25, 0.3) is 0 Å². The summed E-state index contributed by atoms with van der Waals surface area (Å²) in [7, 11) is 0. The normalized spacial score (nSPS) is 28.4. The Kier molecular flexibility index (Phi) is 4.46. The highest BCUT2D eigenvalue weighted by Gasteiger charge is 2.48. The molecule has 1 spiro atoms. The van der Waals surface area contributed by atoms with Crippen molar-refractivity contribution >= 4 is 0 Å². The quantitative estimate of drug-likeness (QED) is 0.838. The molecule has 1 atom stereocenters. The second-order valence-corrected chi connectivity index (χ2v) is 7.03. The third-order valence-electron chi connectivity index (χ3n) is 5.16. The van der Waals surface area contributed by atoms with Gasteiger partial charge in [0.25, 0.3) is 0 Å². The minimum absolute atomic E-state index is 0.00368. The van der Waals surface area contributed by atoms with Gasteiger partial charge in [-0.2, -0.15) is 0 Å². The summed E-state index contributed by atoms with van der Waals surface area (Å²) in [6.07, 6.45) is 9.48. The molecule has 1 unspecified atom stereocenters. The van der Waals surface area contributed by atoms with E-state index in [0.29, 0.717) is 5.88 Å². The molecular weight excluding hydrogens is 294 g/mol. The fraction of sp³-hybridized carbons (Fsp3) is 0.765. The highest BCUT2D eigenvalue weighted by molar-refractivity contribution is 5.06. The molecule has 3 saturated heterocycles. The van der Waals surface area contributed by atoms with E-state index < -0.39 is 0 Å². The van der Waals surface area contributed by atoms with Crippen LogP contribution < -0.4 is 4.74 Å². The van der Waals surface area contributed by atoms with Crippen LogP contribution in [0.4, 0.5) is 0 Å². The fourth-order valence-electron chi connectivity index (χ4n) is 4.01. The highest BCUT2D eigenvalue weighted by atomic mass is 16.5. The van der Waals surface area contributed by atoms with E-state index in [2.05, 4.69) is 14.9 Å². The van der Waals surface area contributed by atoms with Crippen molar-refractivity contribution in [2.75, 3.05) is 39.5 Å². The summed E-state index contributed by atoms with van der Waals surface area (Å²) in [5, 5.41) is 0. The van der Waals surface area contributed by atoms with Crippen LogP contribution in [-0.2, 0) is 9.47 Å². The zero-order chi connectivity index (χ0) is 15.5. The van der Waals surface area contributed by atoms with Gasteiger partial charge < -0.3 is 14.2 Å². The standard InChI is InChI=1S/C17H25N3O3/c1-6-21-7-2-14(1)11-20-12-17(13-20)9-15(3-8-22-17)23-16-10-18-4-5-19-16/h4-5,10,14-15H,1-3,6-9,11-13H2. The highest BCUT2D eigenvalue weighted by Crippen LogP contribution is 2.36. The van der Waals surface area contributed by atoms with Gasteiger partial charge in [0.15, 0.2) is 0 Å². The molecule has 0 saturated carbocycles. The molecular formula is C17H25N3O3. The van der Waals surface area contributed by atoms with Crippen molar-refractivity contribution in [3.63, 3.8) is 0 Å². The van der Waals surface area contributed by atoms with E-state index in [1.165, 1.54) is 19.4 Å².